The van der Waals surface area contributed by atoms with Gasteiger partial charge in [-0.15, -0.1) is 0 Å². The van der Waals surface area contributed by atoms with Crippen molar-refractivity contribution < 1.29 is 4.74 Å². The molecule has 22 heavy (non-hydrogen) atoms. The molecule has 1 heterocycles. The van der Waals surface area contributed by atoms with Gasteiger partial charge in [0.05, 0.1) is 0 Å². The molecule has 2 aromatic carbocycles. The Hall–Kier alpha value is -2.42. The third-order valence-electron chi connectivity index (χ3n) is 4.16. The monoisotopic (exact) mass is 292 g/mol. The van der Waals surface area contributed by atoms with Crippen molar-refractivity contribution in [2.45, 2.75) is 19.3 Å². The van der Waals surface area contributed by atoms with Crippen molar-refractivity contribution in [1.29, 1.82) is 0 Å². The number of allylic oxidation sites excluding steroid dienone is 1. The van der Waals surface area contributed by atoms with E-state index in [1.807, 2.05) is 18.2 Å². The van der Waals surface area contributed by atoms with E-state index in [0.717, 1.165) is 41.9 Å². The molecule has 0 bridgehead atoms. The molecule has 1 fully saturated rings. The molecule has 2 aromatic rings. The van der Waals surface area contributed by atoms with Crippen LogP contribution in [0.2, 0.25) is 0 Å². The first-order chi connectivity index (χ1) is 10.9. The topological polar surface area (TPSA) is 33.3 Å². The van der Waals surface area contributed by atoms with Crippen LogP contribution in [-0.4, -0.2) is 6.54 Å². The Bertz CT molecular complexity index is 687. The zero-order valence-electron chi connectivity index (χ0n) is 12.5. The molecule has 0 amide bonds. The molecule has 0 unspecified atom stereocenters. The summed E-state index contributed by atoms with van der Waals surface area (Å²) in [5.74, 6) is 2.54. The van der Waals surface area contributed by atoms with E-state index in [4.69, 9.17) is 4.74 Å². The van der Waals surface area contributed by atoms with Gasteiger partial charge in [-0.25, -0.2) is 0 Å². The molecule has 112 valence electrons. The number of anilines is 2. The molecule has 0 radical (unpaired) electrons. The summed E-state index contributed by atoms with van der Waals surface area (Å²) in [5, 5.41) is 6.80. The lowest BCUT2D eigenvalue weighted by Gasteiger charge is -2.19. The highest BCUT2D eigenvalue weighted by atomic mass is 16.5. The van der Waals surface area contributed by atoms with Crippen LogP contribution in [0.15, 0.2) is 60.5 Å². The first-order valence-corrected chi connectivity index (χ1v) is 7.94. The van der Waals surface area contributed by atoms with Crippen molar-refractivity contribution in [3.05, 3.63) is 66.1 Å². The quantitative estimate of drug-likeness (QED) is 0.857. The maximum atomic E-state index is 5.93. The molecule has 1 aliphatic heterocycles. The molecular weight excluding hydrogens is 272 g/mol. The average molecular weight is 292 g/mol. The second-order valence-electron chi connectivity index (χ2n) is 6.01. The van der Waals surface area contributed by atoms with Gasteiger partial charge in [-0.05, 0) is 67.2 Å². The highest BCUT2D eigenvalue weighted by Gasteiger charge is 2.20. The Labute approximate surface area is 131 Å². The Morgan fingerprint density at radius 2 is 1.86 bits per heavy atom. The van der Waals surface area contributed by atoms with Gasteiger partial charge < -0.3 is 15.4 Å². The van der Waals surface area contributed by atoms with E-state index >= 15 is 0 Å². The van der Waals surface area contributed by atoms with Crippen LogP contribution < -0.4 is 15.4 Å². The fourth-order valence-electron chi connectivity index (χ4n) is 2.63. The standard InChI is InChI=1S/C19H20N2O/c1-2-4-18-15(3-1)7-12-19(21-18)22-17-10-8-16(9-11-17)20-13-14-5-6-14/h1-4,8-12,14,20-21H,5-7,13H2. The summed E-state index contributed by atoms with van der Waals surface area (Å²) < 4.78 is 5.93. The Morgan fingerprint density at radius 3 is 2.68 bits per heavy atom. The smallest absolute Gasteiger partial charge is 0.194 e. The molecule has 0 saturated heterocycles. The lowest BCUT2D eigenvalue weighted by Crippen LogP contribution is -2.12. The van der Waals surface area contributed by atoms with Crippen LogP contribution in [0, 0.1) is 5.92 Å². The Morgan fingerprint density at radius 1 is 1.05 bits per heavy atom. The van der Waals surface area contributed by atoms with Gasteiger partial charge in [0.15, 0.2) is 5.88 Å². The maximum absolute atomic E-state index is 5.93. The lowest BCUT2D eigenvalue weighted by molar-refractivity contribution is 0.428. The van der Waals surface area contributed by atoms with E-state index in [1.165, 1.54) is 18.4 Å². The summed E-state index contributed by atoms with van der Waals surface area (Å²) in [6.45, 7) is 1.09. The van der Waals surface area contributed by atoms with Crippen LogP contribution in [0.25, 0.3) is 0 Å². The third kappa shape index (κ3) is 3.08. The predicted molar refractivity (Wildman–Crippen MR) is 90.1 cm³/mol. The predicted octanol–water partition coefficient (Wildman–Crippen LogP) is 4.40. The van der Waals surface area contributed by atoms with Gasteiger partial charge in [0.2, 0.25) is 0 Å². The van der Waals surface area contributed by atoms with Gasteiger partial charge in [0.1, 0.15) is 5.75 Å². The van der Waals surface area contributed by atoms with E-state index in [9.17, 15) is 0 Å². The van der Waals surface area contributed by atoms with E-state index in [1.54, 1.807) is 0 Å². The van der Waals surface area contributed by atoms with Gasteiger partial charge in [0.25, 0.3) is 0 Å². The molecular formula is C19H20N2O. The molecule has 4 rings (SSSR count). The van der Waals surface area contributed by atoms with Crippen LogP contribution in [-0.2, 0) is 6.42 Å². The highest BCUT2D eigenvalue weighted by molar-refractivity contribution is 5.58. The first-order valence-electron chi connectivity index (χ1n) is 7.94. The van der Waals surface area contributed by atoms with Crippen molar-refractivity contribution >= 4 is 11.4 Å². The first kappa shape index (κ1) is 13.3. The second kappa shape index (κ2) is 5.76. The maximum Gasteiger partial charge on any atom is 0.194 e. The fourth-order valence-corrected chi connectivity index (χ4v) is 2.63. The number of hydrogen-bond acceptors (Lipinski definition) is 3. The minimum atomic E-state index is 0.803. The number of rotatable bonds is 5. The van der Waals surface area contributed by atoms with Gasteiger partial charge in [0, 0.05) is 17.9 Å². The molecule has 3 nitrogen and oxygen atoms in total. The molecule has 2 N–H and O–H groups in total. The van der Waals surface area contributed by atoms with Crippen molar-refractivity contribution in [2.75, 3.05) is 17.2 Å². The normalized spacial score (nSPS) is 16.3. The summed E-state index contributed by atoms with van der Waals surface area (Å²) in [4.78, 5) is 0. The van der Waals surface area contributed by atoms with Crippen LogP contribution in [0.4, 0.5) is 11.4 Å². The summed E-state index contributed by atoms with van der Waals surface area (Å²) in [7, 11) is 0. The number of para-hydroxylation sites is 1. The molecule has 1 aliphatic carbocycles. The van der Waals surface area contributed by atoms with Gasteiger partial charge >= 0.3 is 0 Å². The van der Waals surface area contributed by atoms with Gasteiger partial charge in [-0.1, -0.05) is 18.2 Å². The zero-order valence-corrected chi connectivity index (χ0v) is 12.5. The summed E-state index contributed by atoms with van der Waals surface area (Å²) in [6.07, 6.45) is 5.73. The average Bonchev–Trinajstić information content (AvgIpc) is 3.38. The lowest BCUT2D eigenvalue weighted by atomic mass is 10.1. The van der Waals surface area contributed by atoms with E-state index < -0.39 is 0 Å². The molecule has 3 heteroatoms. The molecule has 0 atom stereocenters. The van der Waals surface area contributed by atoms with E-state index in [2.05, 4.69) is 47.0 Å². The summed E-state index contributed by atoms with van der Waals surface area (Å²) in [5.41, 5.74) is 3.59. The Balaban J connectivity index is 1.38. The fraction of sp³-hybridized carbons (Fsp3) is 0.263. The molecule has 0 spiro atoms. The van der Waals surface area contributed by atoms with Crippen molar-refractivity contribution in [2.24, 2.45) is 5.92 Å². The largest absolute Gasteiger partial charge is 0.441 e. The van der Waals surface area contributed by atoms with Crippen LogP contribution in [0.1, 0.15) is 18.4 Å². The van der Waals surface area contributed by atoms with E-state index in [0.29, 0.717) is 0 Å². The van der Waals surface area contributed by atoms with Crippen LogP contribution >= 0.6 is 0 Å². The zero-order chi connectivity index (χ0) is 14.8. The number of hydrogen-bond donors (Lipinski definition) is 2. The minimum Gasteiger partial charge on any atom is -0.441 e. The summed E-state index contributed by atoms with van der Waals surface area (Å²) in [6, 6.07) is 16.5. The third-order valence-corrected chi connectivity index (χ3v) is 4.16. The van der Waals surface area contributed by atoms with Crippen molar-refractivity contribution in [3.8, 4) is 5.75 Å². The molecule has 1 saturated carbocycles. The minimum absolute atomic E-state index is 0.803. The van der Waals surface area contributed by atoms with Crippen molar-refractivity contribution in [1.82, 2.24) is 0 Å². The second-order valence-corrected chi connectivity index (χ2v) is 6.01. The van der Waals surface area contributed by atoms with Gasteiger partial charge in [-0.3, -0.25) is 0 Å². The Kier molecular flexibility index (Phi) is 3.47. The molecule has 2 aliphatic rings. The molecule has 0 aromatic heterocycles. The number of fused-ring (bicyclic) bond motifs is 1. The van der Waals surface area contributed by atoms with Crippen molar-refractivity contribution in [3.63, 3.8) is 0 Å². The van der Waals surface area contributed by atoms with Crippen LogP contribution in [0.3, 0.4) is 0 Å². The van der Waals surface area contributed by atoms with E-state index in [-0.39, 0.29) is 0 Å². The number of nitrogens with one attached hydrogen (secondary N) is 2. The summed E-state index contributed by atoms with van der Waals surface area (Å²) >= 11 is 0. The number of benzene rings is 2. The number of ether oxygens (including phenoxy) is 1. The highest BCUT2D eigenvalue weighted by Crippen LogP contribution is 2.29. The SMILES string of the molecule is C1=C(Oc2ccc(NCC3CC3)cc2)Nc2ccccc2C1. The van der Waals surface area contributed by atoms with Crippen LogP contribution in [0.5, 0.6) is 5.75 Å². The van der Waals surface area contributed by atoms with Gasteiger partial charge in [-0.2, -0.15) is 0 Å².